The molecular weight excluding hydrogens is 769 g/mol. The van der Waals surface area contributed by atoms with Crippen molar-refractivity contribution in [1.82, 2.24) is 0 Å². The van der Waals surface area contributed by atoms with Gasteiger partial charge in [0.25, 0.3) is 0 Å². The van der Waals surface area contributed by atoms with Crippen LogP contribution in [0.2, 0.25) is 0 Å². The minimum Gasteiger partial charge on any atom is -0.0654 e. The van der Waals surface area contributed by atoms with E-state index in [1.165, 1.54) is 347 Å². The van der Waals surface area contributed by atoms with Crippen LogP contribution < -0.4 is 0 Å². The fraction of sp³-hybridized carbons (Fsp3) is 1.00. The molecule has 0 fully saturated rings. The van der Waals surface area contributed by atoms with Crippen molar-refractivity contribution in [2.75, 3.05) is 0 Å². The van der Waals surface area contributed by atoms with Gasteiger partial charge in [0, 0.05) is 0 Å². The molecule has 0 nitrogen and oxygen atoms in total. The highest BCUT2D eigenvalue weighted by Crippen LogP contribution is 2.34. The largest absolute Gasteiger partial charge is 0.0654 e. The SMILES string of the molecule is CCCCCCCCCCCCCCCCCC(CCCCCCCCCCCCC)C(CCCCCCCCCCCCCCCC)CCCCCCCCCCCCCCCC. The molecule has 0 aliphatic rings. The maximum Gasteiger partial charge on any atom is -0.0386 e. The Hall–Kier alpha value is 0. The van der Waals surface area contributed by atoms with Gasteiger partial charge in [0.15, 0.2) is 0 Å². The molecule has 0 spiro atoms. The van der Waals surface area contributed by atoms with Crippen LogP contribution in [-0.4, -0.2) is 0 Å². The second-order valence-electron chi connectivity index (χ2n) is 22.4. The predicted molar refractivity (Wildman–Crippen MR) is 297 cm³/mol. The van der Waals surface area contributed by atoms with Crippen LogP contribution in [0.5, 0.6) is 0 Å². The van der Waals surface area contributed by atoms with E-state index in [9.17, 15) is 0 Å². The van der Waals surface area contributed by atoms with E-state index in [2.05, 4.69) is 27.7 Å². The van der Waals surface area contributed by atoms with Crippen LogP contribution in [0.1, 0.15) is 400 Å². The van der Waals surface area contributed by atoms with Crippen molar-refractivity contribution in [3.63, 3.8) is 0 Å². The van der Waals surface area contributed by atoms with Crippen molar-refractivity contribution in [1.29, 1.82) is 0 Å². The summed E-state index contributed by atoms with van der Waals surface area (Å²) in [7, 11) is 0. The second kappa shape index (κ2) is 59.1. The Kier molecular flexibility index (Phi) is 59.1. The molecule has 0 amide bonds. The first-order valence-corrected chi connectivity index (χ1v) is 31.8. The molecule has 0 bridgehead atoms. The lowest BCUT2D eigenvalue weighted by atomic mass is 9.78. The molecule has 0 saturated heterocycles. The molecule has 0 aromatic rings. The van der Waals surface area contributed by atoms with Crippen molar-refractivity contribution in [3.05, 3.63) is 0 Å². The predicted octanol–water partition coefficient (Wildman–Crippen LogP) is 24.9. The fourth-order valence-corrected chi connectivity index (χ4v) is 11.3. The third kappa shape index (κ3) is 53.0. The van der Waals surface area contributed by atoms with E-state index < -0.39 is 0 Å². The van der Waals surface area contributed by atoms with Gasteiger partial charge < -0.3 is 0 Å². The van der Waals surface area contributed by atoms with Crippen LogP contribution in [0.4, 0.5) is 0 Å². The maximum atomic E-state index is 2.34. The van der Waals surface area contributed by atoms with Crippen LogP contribution in [0.15, 0.2) is 0 Å². The number of unbranched alkanes of at least 4 members (excludes halogenated alkanes) is 50. The zero-order valence-corrected chi connectivity index (χ0v) is 46.2. The molecule has 64 heavy (non-hydrogen) atoms. The van der Waals surface area contributed by atoms with Crippen molar-refractivity contribution >= 4 is 0 Å². The van der Waals surface area contributed by atoms with Crippen molar-refractivity contribution < 1.29 is 0 Å². The summed E-state index contributed by atoms with van der Waals surface area (Å²) in [5, 5.41) is 0. The smallest absolute Gasteiger partial charge is 0.0386 e. The Bertz CT molecular complexity index is 736. The lowest BCUT2D eigenvalue weighted by molar-refractivity contribution is 0.236. The molecule has 0 aliphatic heterocycles. The Morgan fingerprint density at radius 2 is 0.219 bits per heavy atom. The van der Waals surface area contributed by atoms with Crippen LogP contribution in [0.3, 0.4) is 0 Å². The third-order valence-corrected chi connectivity index (χ3v) is 15.9. The Balaban J connectivity index is 4.85. The van der Waals surface area contributed by atoms with E-state index in [4.69, 9.17) is 0 Å². The summed E-state index contributed by atoms with van der Waals surface area (Å²) in [5.41, 5.74) is 0. The van der Waals surface area contributed by atoms with Gasteiger partial charge in [0.1, 0.15) is 0 Å². The minimum atomic E-state index is 1.02. The average molecular weight is 900 g/mol. The van der Waals surface area contributed by atoms with E-state index in [0.717, 1.165) is 11.8 Å². The van der Waals surface area contributed by atoms with Gasteiger partial charge in [0.05, 0.1) is 0 Å². The van der Waals surface area contributed by atoms with Gasteiger partial charge in [-0.25, -0.2) is 0 Å². The Morgan fingerprint density at radius 1 is 0.125 bits per heavy atom. The first-order chi connectivity index (χ1) is 31.8. The molecule has 0 heterocycles. The molecule has 0 rings (SSSR count). The molecule has 0 radical (unpaired) electrons. The maximum absolute atomic E-state index is 2.34. The first kappa shape index (κ1) is 64.0. The highest BCUT2D eigenvalue weighted by molar-refractivity contribution is 4.73. The average Bonchev–Trinajstić information content (AvgIpc) is 3.30. The zero-order chi connectivity index (χ0) is 46.2. The van der Waals surface area contributed by atoms with E-state index in [-0.39, 0.29) is 0 Å². The summed E-state index contributed by atoms with van der Waals surface area (Å²) in [6.07, 6.45) is 86.3. The second-order valence-corrected chi connectivity index (χ2v) is 22.4. The fourth-order valence-electron chi connectivity index (χ4n) is 11.3. The van der Waals surface area contributed by atoms with Crippen LogP contribution >= 0.6 is 0 Å². The van der Waals surface area contributed by atoms with Gasteiger partial charge >= 0.3 is 0 Å². The molecule has 0 saturated carbocycles. The molecule has 0 aromatic carbocycles. The van der Waals surface area contributed by atoms with E-state index in [1.54, 1.807) is 25.7 Å². The summed E-state index contributed by atoms with van der Waals surface area (Å²) < 4.78 is 0. The van der Waals surface area contributed by atoms with Crippen LogP contribution in [0, 0.1) is 11.8 Å². The van der Waals surface area contributed by atoms with E-state index in [0.29, 0.717) is 0 Å². The van der Waals surface area contributed by atoms with Gasteiger partial charge in [-0.1, -0.05) is 400 Å². The Labute approximate surface area is 410 Å². The number of rotatable bonds is 59. The first-order valence-electron chi connectivity index (χ1n) is 31.8. The molecule has 1 unspecified atom stereocenters. The summed E-state index contributed by atoms with van der Waals surface area (Å²) in [6, 6.07) is 0. The van der Waals surface area contributed by atoms with Gasteiger partial charge in [-0.2, -0.15) is 0 Å². The molecule has 0 aliphatic carbocycles. The summed E-state index contributed by atoms with van der Waals surface area (Å²) in [4.78, 5) is 0. The number of hydrogen-bond acceptors (Lipinski definition) is 0. The van der Waals surface area contributed by atoms with Crippen LogP contribution in [0.25, 0.3) is 0 Å². The molecule has 0 heteroatoms. The van der Waals surface area contributed by atoms with E-state index in [1.807, 2.05) is 0 Å². The van der Waals surface area contributed by atoms with Gasteiger partial charge in [0.2, 0.25) is 0 Å². The van der Waals surface area contributed by atoms with Gasteiger partial charge in [-0.05, 0) is 11.8 Å². The molecule has 1 atom stereocenters. The summed E-state index contributed by atoms with van der Waals surface area (Å²) in [6.45, 7) is 9.34. The molecule has 0 N–H and O–H groups in total. The minimum absolute atomic E-state index is 1.02. The topological polar surface area (TPSA) is 0 Å². The normalized spacial score (nSPS) is 12.3. The van der Waals surface area contributed by atoms with Crippen molar-refractivity contribution in [2.45, 2.75) is 400 Å². The molecular formula is C64H130. The number of hydrogen-bond donors (Lipinski definition) is 0. The quantitative estimate of drug-likeness (QED) is 0.0534. The third-order valence-electron chi connectivity index (χ3n) is 15.9. The van der Waals surface area contributed by atoms with Crippen molar-refractivity contribution in [3.8, 4) is 0 Å². The van der Waals surface area contributed by atoms with E-state index >= 15 is 0 Å². The molecule has 0 aromatic heterocycles. The van der Waals surface area contributed by atoms with Gasteiger partial charge in [-0.3, -0.25) is 0 Å². The monoisotopic (exact) mass is 899 g/mol. The highest BCUT2D eigenvalue weighted by atomic mass is 14.3. The summed E-state index contributed by atoms with van der Waals surface area (Å²) >= 11 is 0. The zero-order valence-electron chi connectivity index (χ0n) is 46.2. The summed E-state index contributed by atoms with van der Waals surface area (Å²) in [5.74, 6) is 2.04. The standard InChI is InChI=1S/C64H130/c1-5-9-13-17-21-25-29-32-35-38-42-46-50-54-58-60-63(59-55-51-47-43-39-28-24-20-16-12-8-4)64(61-56-52-48-44-40-36-33-30-26-22-18-14-10-6-2)62-57-53-49-45-41-37-34-31-27-23-19-15-11-7-3/h63-64H,5-62H2,1-4H3. The van der Waals surface area contributed by atoms with Crippen molar-refractivity contribution in [2.24, 2.45) is 11.8 Å². The van der Waals surface area contributed by atoms with Gasteiger partial charge in [-0.15, -0.1) is 0 Å². The highest BCUT2D eigenvalue weighted by Gasteiger charge is 2.21. The lowest BCUT2D eigenvalue weighted by Gasteiger charge is -2.28. The Morgan fingerprint density at radius 3 is 0.328 bits per heavy atom. The molecule has 386 valence electrons. The van der Waals surface area contributed by atoms with Crippen LogP contribution in [-0.2, 0) is 0 Å². The lowest BCUT2D eigenvalue weighted by Crippen LogP contribution is -2.16.